The molecule has 1 unspecified atom stereocenters. The summed E-state index contributed by atoms with van der Waals surface area (Å²) in [6.07, 6.45) is 4.72. The van der Waals surface area contributed by atoms with E-state index in [0.717, 1.165) is 10.9 Å². The Morgan fingerprint density at radius 3 is 3.04 bits per heavy atom. The Hall–Kier alpha value is -3.15. The SMILES string of the molecule is O=C1C=CC2=NC(CCNC(=O)c3cc4ccccc4[nH]3)OC2=C1. The van der Waals surface area contributed by atoms with Gasteiger partial charge in [-0.3, -0.25) is 9.59 Å². The zero-order chi connectivity index (χ0) is 16.5. The molecule has 0 saturated carbocycles. The first kappa shape index (κ1) is 14.4. The molecule has 1 aliphatic heterocycles. The number of carbonyl (C=O) groups is 2. The number of H-pyrrole nitrogens is 1. The summed E-state index contributed by atoms with van der Waals surface area (Å²) in [5.74, 6) is 0.245. The quantitative estimate of drug-likeness (QED) is 0.846. The Kier molecular flexibility index (Phi) is 3.49. The molecule has 1 aromatic carbocycles. The fraction of sp³-hybridized carbons (Fsp3) is 0.167. The highest BCUT2D eigenvalue weighted by atomic mass is 16.5. The fourth-order valence-electron chi connectivity index (χ4n) is 2.75. The molecule has 1 aliphatic carbocycles. The van der Waals surface area contributed by atoms with Crippen molar-refractivity contribution in [1.29, 1.82) is 0 Å². The topological polar surface area (TPSA) is 83.5 Å². The van der Waals surface area contributed by atoms with E-state index in [4.69, 9.17) is 4.74 Å². The summed E-state index contributed by atoms with van der Waals surface area (Å²) in [6.45, 7) is 0.431. The maximum atomic E-state index is 12.2. The Balaban J connectivity index is 1.34. The van der Waals surface area contributed by atoms with Gasteiger partial charge in [0.25, 0.3) is 5.91 Å². The molecular formula is C18H15N3O3. The molecule has 2 N–H and O–H groups in total. The van der Waals surface area contributed by atoms with Crippen LogP contribution in [0, 0.1) is 0 Å². The molecule has 1 atom stereocenters. The monoisotopic (exact) mass is 321 g/mol. The van der Waals surface area contributed by atoms with E-state index < -0.39 is 0 Å². The molecule has 1 amide bonds. The maximum absolute atomic E-state index is 12.2. The van der Waals surface area contributed by atoms with Crippen molar-refractivity contribution >= 4 is 28.3 Å². The van der Waals surface area contributed by atoms with Crippen LogP contribution in [-0.2, 0) is 9.53 Å². The van der Waals surface area contributed by atoms with Gasteiger partial charge >= 0.3 is 0 Å². The first-order valence-corrected chi connectivity index (χ1v) is 7.73. The molecule has 2 heterocycles. The van der Waals surface area contributed by atoms with Crippen LogP contribution in [0.15, 0.2) is 59.3 Å². The second-order valence-electron chi connectivity index (χ2n) is 5.65. The molecule has 0 fully saturated rings. The molecule has 0 saturated heterocycles. The minimum Gasteiger partial charge on any atom is -0.466 e. The number of para-hydroxylation sites is 1. The number of nitrogens with zero attached hydrogens (tertiary/aromatic N) is 1. The smallest absolute Gasteiger partial charge is 0.267 e. The van der Waals surface area contributed by atoms with Crippen LogP contribution in [0.2, 0.25) is 0 Å². The summed E-state index contributed by atoms with van der Waals surface area (Å²) in [7, 11) is 0. The lowest BCUT2D eigenvalue weighted by atomic mass is 10.1. The van der Waals surface area contributed by atoms with Crippen LogP contribution in [-0.4, -0.2) is 35.2 Å². The van der Waals surface area contributed by atoms with Gasteiger partial charge in [0.05, 0.1) is 0 Å². The number of fused-ring (bicyclic) bond motifs is 2. The van der Waals surface area contributed by atoms with E-state index in [9.17, 15) is 9.59 Å². The normalized spacial score (nSPS) is 18.8. The third-order valence-corrected chi connectivity index (χ3v) is 3.93. The lowest BCUT2D eigenvalue weighted by Gasteiger charge is -2.09. The second kappa shape index (κ2) is 5.81. The van der Waals surface area contributed by atoms with Gasteiger partial charge in [-0.15, -0.1) is 0 Å². The third kappa shape index (κ3) is 2.74. The Morgan fingerprint density at radius 2 is 2.17 bits per heavy atom. The third-order valence-electron chi connectivity index (χ3n) is 3.93. The minimum absolute atomic E-state index is 0.100. The highest BCUT2D eigenvalue weighted by Crippen LogP contribution is 2.21. The Morgan fingerprint density at radius 1 is 1.29 bits per heavy atom. The number of hydrogen-bond donors (Lipinski definition) is 2. The fourth-order valence-corrected chi connectivity index (χ4v) is 2.75. The van der Waals surface area contributed by atoms with Crippen molar-refractivity contribution in [2.75, 3.05) is 6.54 Å². The Labute approximate surface area is 137 Å². The predicted molar refractivity (Wildman–Crippen MR) is 89.8 cm³/mol. The molecule has 1 aromatic heterocycles. The molecule has 2 aromatic rings. The molecule has 0 radical (unpaired) electrons. The van der Waals surface area contributed by atoms with Gasteiger partial charge in [0.2, 0.25) is 0 Å². The van der Waals surface area contributed by atoms with Gasteiger partial charge in [-0.1, -0.05) is 18.2 Å². The van der Waals surface area contributed by atoms with Gasteiger partial charge < -0.3 is 15.0 Å². The van der Waals surface area contributed by atoms with Gasteiger partial charge in [-0.05, 0) is 24.3 Å². The van der Waals surface area contributed by atoms with Crippen molar-refractivity contribution < 1.29 is 14.3 Å². The summed E-state index contributed by atoms with van der Waals surface area (Å²) < 4.78 is 5.60. The average molecular weight is 321 g/mol. The minimum atomic E-state index is -0.371. The van der Waals surface area contributed by atoms with E-state index in [2.05, 4.69) is 15.3 Å². The van der Waals surface area contributed by atoms with Crippen molar-refractivity contribution in [2.24, 2.45) is 4.99 Å². The number of benzene rings is 1. The summed E-state index contributed by atoms with van der Waals surface area (Å²) >= 11 is 0. The number of nitrogens with one attached hydrogen (secondary N) is 2. The van der Waals surface area contributed by atoms with E-state index in [0.29, 0.717) is 30.1 Å². The number of aromatic nitrogens is 1. The zero-order valence-electron chi connectivity index (χ0n) is 12.8. The molecule has 6 nitrogen and oxygen atoms in total. The van der Waals surface area contributed by atoms with E-state index in [1.807, 2.05) is 30.3 Å². The summed E-state index contributed by atoms with van der Waals surface area (Å²) in [5, 5.41) is 3.85. The number of aliphatic imine (C=N–C) groups is 1. The van der Waals surface area contributed by atoms with Crippen molar-refractivity contribution in [2.45, 2.75) is 12.6 Å². The van der Waals surface area contributed by atoms with Crippen LogP contribution in [0.25, 0.3) is 10.9 Å². The van der Waals surface area contributed by atoms with Crippen LogP contribution < -0.4 is 5.32 Å². The number of aromatic amines is 1. The number of allylic oxidation sites excluding steroid dienone is 3. The van der Waals surface area contributed by atoms with E-state index >= 15 is 0 Å². The molecule has 2 aliphatic rings. The predicted octanol–water partition coefficient (Wildman–Crippen LogP) is 2.11. The first-order chi connectivity index (χ1) is 11.7. The number of hydrogen-bond acceptors (Lipinski definition) is 4. The van der Waals surface area contributed by atoms with E-state index in [1.54, 1.807) is 6.08 Å². The average Bonchev–Trinajstić information content (AvgIpc) is 3.17. The van der Waals surface area contributed by atoms with Crippen LogP contribution in [0.4, 0.5) is 0 Å². The summed E-state index contributed by atoms with van der Waals surface area (Å²) in [4.78, 5) is 31.0. The van der Waals surface area contributed by atoms with Gasteiger partial charge in [0.15, 0.2) is 17.8 Å². The number of amides is 1. The summed E-state index contributed by atoms with van der Waals surface area (Å²) in [5.41, 5.74) is 2.14. The van der Waals surface area contributed by atoms with Crippen molar-refractivity contribution in [3.63, 3.8) is 0 Å². The largest absolute Gasteiger partial charge is 0.466 e. The molecule has 0 spiro atoms. The van der Waals surface area contributed by atoms with Crippen molar-refractivity contribution in [1.82, 2.24) is 10.3 Å². The van der Waals surface area contributed by atoms with Gasteiger partial charge in [0, 0.05) is 29.9 Å². The van der Waals surface area contributed by atoms with Crippen molar-refractivity contribution in [3.8, 4) is 0 Å². The Bertz CT molecular complexity index is 887. The van der Waals surface area contributed by atoms with Crippen LogP contribution >= 0.6 is 0 Å². The molecule has 0 bridgehead atoms. The highest BCUT2D eigenvalue weighted by Gasteiger charge is 2.25. The first-order valence-electron chi connectivity index (χ1n) is 7.73. The standard InChI is InChI=1S/C18H15N3O3/c22-12-5-6-14-16(10-12)24-17(21-14)7-8-19-18(23)15-9-11-3-1-2-4-13(11)20-15/h1-6,9-10,17,20H,7-8H2,(H,19,23). The lowest BCUT2D eigenvalue weighted by molar-refractivity contribution is -0.110. The van der Waals surface area contributed by atoms with Crippen LogP contribution in [0.3, 0.4) is 0 Å². The van der Waals surface area contributed by atoms with Crippen LogP contribution in [0.1, 0.15) is 16.9 Å². The van der Waals surface area contributed by atoms with Crippen LogP contribution in [0.5, 0.6) is 0 Å². The zero-order valence-corrected chi connectivity index (χ0v) is 12.8. The van der Waals surface area contributed by atoms with E-state index in [-0.39, 0.29) is 17.9 Å². The van der Waals surface area contributed by atoms with E-state index in [1.165, 1.54) is 12.2 Å². The lowest BCUT2D eigenvalue weighted by Crippen LogP contribution is -2.27. The number of rotatable bonds is 4. The molecule has 4 rings (SSSR count). The number of ketones is 1. The molecule has 6 heteroatoms. The molecule has 24 heavy (non-hydrogen) atoms. The number of carbonyl (C=O) groups excluding carboxylic acids is 2. The number of ether oxygens (including phenoxy) is 1. The van der Waals surface area contributed by atoms with Gasteiger partial charge in [0.1, 0.15) is 11.4 Å². The van der Waals surface area contributed by atoms with Gasteiger partial charge in [-0.2, -0.15) is 0 Å². The second-order valence-corrected chi connectivity index (χ2v) is 5.65. The molecule has 120 valence electrons. The molecular weight excluding hydrogens is 306 g/mol. The highest BCUT2D eigenvalue weighted by molar-refractivity contribution is 6.19. The van der Waals surface area contributed by atoms with Gasteiger partial charge in [-0.25, -0.2) is 4.99 Å². The van der Waals surface area contributed by atoms with Crippen molar-refractivity contribution in [3.05, 3.63) is 60.0 Å². The maximum Gasteiger partial charge on any atom is 0.267 e. The summed E-state index contributed by atoms with van der Waals surface area (Å²) in [6, 6.07) is 9.56.